The van der Waals surface area contributed by atoms with E-state index in [-0.39, 0.29) is 11.7 Å². The number of ether oxygens (including phenoxy) is 1. The number of fused-ring (bicyclic) bond motifs is 1. The minimum Gasteiger partial charge on any atom is -0.465 e. The Morgan fingerprint density at radius 1 is 1.48 bits per heavy atom. The number of anilines is 1. The maximum atomic E-state index is 11.6. The normalized spacial score (nSPS) is 13.3. The molecule has 0 unspecified atom stereocenters. The van der Waals surface area contributed by atoms with Gasteiger partial charge in [0.15, 0.2) is 5.16 Å². The third kappa shape index (κ3) is 3.34. The molecule has 6 nitrogen and oxygen atoms in total. The van der Waals surface area contributed by atoms with Crippen LogP contribution in [0.4, 0.5) is 5.69 Å². The van der Waals surface area contributed by atoms with Crippen molar-refractivity contribution in [3.63, 3.8) is 0 Å². The minimum atomic E-state index is -0.236. The van der Waals surface area contributed by atoms with Gasteiger partial charge in [-0.3, -0.25) is 9.36 Å². The fraction of sp³-hybridized carbons (Fsp3) is 0.438. The SMILES string of the molecule is CCOC(=O)CSc1nncn1-c1ccc(C)c2c1CCCN2. The van der Waals surface area contributed by atoms with Crippen LogP contribution in [-0.2, 0) is 16.0 Å². The van der Waals surface area contributed by atoms with E-state index in [1.807, 2.05) is 4.57 Å². The van der Waals surface area contributed by atoms with Crippen LogP contribution in [0.1, 0.15) is 24.5 Å². The molecule has 1 aromatic heterocycles. The molecule has 0 spiro atoms. The summed E-state index contributed by atoms with van der Waals surface area (Å²) in [6.07, 6.45) is 3.84. The number of hydrogen-bond acceptors (Lipinski definition) is 6. The number of hydrogen-bond donors (Lipinski definition) is 1. The predicted molar refractivity (Wildman–Crippen MR) is 90.3 cm³/mol. The number of nitrogens with one attached hydrogen (secondary N) is 1. The van der Waals surface area contributed by atoms with Crippen LogP contribution in [0.2, 0.25) is 0 Å². The highest BCUT2D eigenvalue weighted by atomic mass is 32.2. The summed E-state index contributed by atoms with van der Waals surface area (Å²) in [5, 5.41) is 12.3. The van der Waals surface area contributed by atoms with Crippen molar-refractivity contribution in [2.24, 2.45) is 0 Å². The Kier molecular flexibility index (Phi) is 4.85. The molecule has 0 bridgehead atoms. The third-order valence-electron chi connectivity index (χ3n) is 3.80. The lowest BCUT2D eigenvalue weighted by molar-refractivity contribution is -0.139. The zero-order valence-corrected chi connectivity index (χ0v) is 14.2. The number of aryl methyl sites for hydroxylation is 1. The number of aromatic nitrogens is 3. The van der Waals surface area contributed by atoms with E-state index in [9.17, 15) is 4.79 Å². The van der Waals surface area contributed by atoms with Crippen LogP contribution in [0.25, 0.3) is 5.69 Å². The molecule has 1 N–H and O–H groups in total. The second-order valence-corrected chi connectivity index (χ2v) is 6.31. The van der Waals surface area contributed by atoms with E-state index < -0.39 is 0 Å². The van der Waals surface area contributed by atoms with Gasteiger partial charge in [-0.1, -0.05) is 17.8 Å². The molecule has 1 aliphatic rings. The van der Waals surface area contributed by atoms with Gasteiger partial charge in [-0.05, 0) is 43.9 Å². The highest BCUT2D eigenvalue weighted by Gasteiger charge is 2.18. The van der Waals surface area contributed by atoms with Gasteiger partial charge in [-0.2, -0.15) is 0 Å². The van der Waals surface area contributed by atoms with Crippen molar-refractivity contribution < 1.29 is 9.53 Å². The molecule has 0 amide bonds. The lowest BCUT2D eigenvalue weighted by Gasteiger charge is -2.23. The first kappa shape index (κ1) is 15.9. The molecule has 0 aliphatic carbocycles. The molecule has 2 aromatic rings. The lowest BCUT2D eigenvalue weighted by Crippen LogP contribution is -2.16. The fourth-order valence-electron chi connectivity index (χ4n) is 2.77. The van der Waals surface area contributed by atoms with Crippen molar-refractivity contribution in [1.82, 2.24) is 14.8 Å². The van der Waals surface area contributed by atoms with E-state index in [1.165, 1.54) is 28.6 Å². The van der Waals surface area contributed by atoms with E-state index in [0.29, 0.717) is 11.8 Å². The first-order valence-corrected chi connectivity index (χ1v) is 8.74. The van der Waals surface area contributed by atoms with Crippen molar-refractivity contribution in [1.29, 1.82) is 0 Å². The summed E-state index contributed by atoms with van der Waals surface area (Å²) in [5.41, 5.74) is 4.82. The lowest BCUT2D eigenvalue weighted by atomic mass is 9.98. The van der Waals surface area contributed by atoms with Gasteiger partial charge in [0.05, 0.1) is 18.0 Å². The Balaban J connectivity index is 1.89. The third-order valence-corrected chi connectivity index (χ3v) is 4.72. The molecule has 122 valence electrons. The monoisotopic (exact) mass is 332 g/mol. The standard InChI is InChI=1S/C16H20N4O2S/c1-3-22-14(21)9-23-16-19-18-10-20(16)13-7-6-11(2)15-12(13)5-4-8-17-15/h6-7,10,17H,3-5,8-9H2,1-2H3. The van der Waals surface area contributed by atoms with Crippen LogP contribution in [0.3, 0.4) is 0 Å². The molecule has 3 rings (SSSR count). The minimum absolute atomic E-state index is 0.235. The molecule has 23 heavy (non-hydrogen) atoms. The van der Waals surface area contributed by atoms with Crippen LogP contribution in [0.5, 0.6) is 0 Å². The van der Waals surface area contributed by atoms with Gasteiger partial charge in [0.1, 0.15) is 6.33 Å². The largest absolute Gasteiger partial charge is 0.465 e. The van der Waals surface area contributed by atoms with E-state index in [2.05, 4.69) is 34.6 Å². The Labute approximate surface area is 139 Å². The summed E-state index contributed by atoms with van der Waals surface area (Å²) in [5.74, 6) is -0.00148. The highest BCUT2D eigenvalue weighted by Crippen LogP contribution is 2.32. The Morgan fingerprint density at radius 3 is 3.17 bits per heavy atom. The summed E-state index contributed by atoms with van der Waals surface area (Å²) in [4.78, 5) is 11.6. The second kappa shape index (κ2) is 7.04. The Bertz CT molecular complexity index is 714. The number of thioether (sulfide) groups is 1. The fourth-order valence-corrected chi connectivity index (χ4v) is 3.49. The highest BCUT2D eigenvalue weighted by molar-refractivity contribution is 7.99. The summed E-state index contributed by atoms with van der Waals surface area (Å²) in [6, 6.07) is 4.20. The van der Waals surface area contributed by atoms with Crippen molar-refractivity contribution in [3.05, 3.63) is 29.6 Å². The molecule has 0 saturated heterocycles. The van der Waals surface area contributed by atoms with E-state index in [4.69, 9.17) is 4.74 Å². The van der Waals surface area contributed by atoms with E-state index in [1.54, 1.807) is 13.3 Å². The van der Waals surface area contributed by atoms with Crippen molar-refractivity contribution in [2.45, 2.75) is 31.8 Å². The first-order valence-electron chi connectivity index (χ1n) is 7.76. The van der Waals surface area contributed by atoms with Gasteiger partial charge in [-0.25, -0.2) is 0 Å². The molecule has 1 aliphatic heterocycles. The Morgan fingerprint density at radius 2 is 2.35 bits per heavy atom. The number of carbonyl (C=O) groups excluding carboxylic acids is 1. The van der Waals surface area contributed by atoms with Crippen LogP contribution in [-0.4, -0.2) is 39.6 Å². The van der Waals surface area contributed by atoms with Gasteiger partial charge < -0.3 is 10.1 Å². The van der Waals surface area contributed by atoms with Gasteiger partial charge >= 0.3 is 5.97 Å². The number of esters is 1. The number of rotatable bonds is 5. The van der Waals surface area contributed by atoms with Gasteiger partial charge in [0.25, 0.3) is 0 Å². The number of carbonyl (C=O) groups is 1. The number of nitrogens with zero attached hydrogens (tertiary/aromatic N) is 3. The van der Waals surface area contributed by atoms with E-state index in [0.717, 1.165) is 25.1 Å². The quantitative estimate of drug-likeness (QED) is 0.670. The van der Waals surface area contributed by atoms with Gasteiger partial charge in [0, 0.05) is 12.2 Å². The smallest absolute Gasteiger partial charge is 0.316 e. The molecule has 0 fully saturated rings. The van der Waals surface area contributed by atoms with Crippen molar-refractivity contribution in [2.75, 3.05) is 24.2 Å². The maximum absolute atomic E-state index is 11.6. The average Bonchev–Trinajstić information content (AvgIpc) is 3.02. The zero-order chi connectivity index (χ0) is 16.2. The molecule has 2 heterocycles. The van der Waals surface area contributed by atoms with Gasteiger partial charge in [-0.15, -0.1) is 10.2 Å². The summed E-state index contributed by atoms with van der Waals surface area (Å²) in [6.45, 7) is 5.31. The zero-order valence-electron chi connectivity index (χ0n) is 13.3. The molecule has 0 saturated carbocycles. The van der Waals surface area contributed by atoms with Crippen LogP contribution < -0.4 is 5.32 Å². The van der Waals surface area contributed by atoms with Crippen molar-refractivity contribution in [3.8, 4) is 5.69 Å². The first-order chi connectivity index (χ1) is 11.2. The molecule has 0 radical (unpaired) electrons. The molecule has 1 aromatic carbocycles. The van der Waals surface area contributed by atoms with Crippen LogP contribution in [0.15, 0.2) is 23.6 Å². The molecular formula is C16H20N4O2S. The molecular weight excluding hydrogens is 312 g/mol. The van der Waals surface area contributed by atoms with Crippen molar-refractivity contribution >= 4 is 23.4 Å². The molecule has 7 heteroatoms. The predicted octanol–water partition coefficient (Wildman–Crippen LogP) is 2.59. The van der Waals surface area contributed by atoms with Gasteiger partial charge in [0.2, 0.25) is 0 Å². The van der Waals surface area contributed by atoms with E-state index >= 15 is 0 Å². The number of benzene rings is 1. The maximum Gasteiger partial charge on any atom is 0.316 e. The second-order valence-electron chi connectivity index (χ2n) is 5.36. The van der Waals surface area contributed by atoms with Crippen LogP contribution in [0, 0.1) is 6.92 Å². The summed E-state index contributed by atoms with van der Waals surface area (Å²) >= 11 is 1.35. The molecule has 0 atom stereocenters. The topological polar surface area (TPSA) is 69.0 Å². The summed E-state index contributed by atoms with van der Waals surface area (Å²) in [7, 11) is 0. The van der Waals surface area contributed by atoms with Crippen LogP contribution >= 0.6 is 11.8 Å². The summed E-state index contributed by atoms with van der Waals surface area (Å²) < 4.78 is 6.92. The Hall–Kier alpha value is -2.02. The average molecular weight is 332 g/mol.